The minimum Gasteiger partial charge on any atom is -0.484 e. The summed E-state index contributed by atoms with van der Waals surface area (Å²) in [4.78, 5) is 21.9. The standard InChI is InChI=1S/C19H18F3N7O2/c1-12-7-16(19(20,21)22)25-18(24-12)13-5-6-28(9-13)17(30)10-31-15-4-2-3-14(8-15)29-11-23-26-27-29/h2-4,7-8,11,13H,5-6,9-10H2,1H3/t13-/m0/s1. The molecule has 0 radical (unpaired) electrons. The Bertz CT molecular complexity index is 1070. The number of carbonyl (C=O) groups is 1. The lowest BCUT2D eigenvalue weighted by molar-refractivity contribution is -0.141. The van der Waals surface area contributed by atoms with Gasteiger partial charge in [-0.25, -0.2) is 14.6 Å². The summed E-state index contributed by atoms with van der Waals surface area (Å²) in [6.45, 7) is 1.94. The molecule has 3 aromatic rings. The Morgan fingerprint density at radius 2 is 2.10 bits per heavy atom. The quantitative estimate of drug-likeness (QED) is 0.608. The molecule has 1 aliphatic rings. The zero-order valence-electron chi connectivity index (χ0n) is 16.5. The van der Waals surface area contributed by atoms with Crippen LogP contribution < -0.4 is 4.74 Å². The Morgan fingerprint density at radius 3 is 2.84 bits per heavy atom. The van der Waals surface area contributed by atoms with Crippen molar-refractivity contribution in [2.45, 2.75) is 25.4 Å². The van der Waals surface area contributed by atoms with Gasteiger partial charge < -0.3 is 9.64 Å². The molecule has 0 saturated carbocycles. The Kier molecular flexibility index (Phi) is 5.53. The van der Waals surface area contributed by atoms with Crippen molar-refractivity contribution in [3.63, 3.8) is 0 Å². The zero-order chi connectivity index (χ0) is 22.0. The van der Waals surface area contributed by atoms with E-state index < -0.39 is 11.9 Å². The van der Waals surface area contributed by atoms with E-state index in [1.165, 1.54) is 17.9 Å². The maximum Gasteiger partial charge on any atom is 0.433 e. The molecule has 162 valence electrons. The van der Waals surface area contributed by atoms with Crippen molar-refractivity contribution in [3.8, 4) is 11.4 Å². The predicted molar refractivity (Wildman–Crippen MR) is 100 cm³/mol. The van der Waals surface area contributed by atoms with Gasteiger partial charge in [-0.1, -0.05) is 6.07 Å². The Morgan fingerprint density at radius 1 is 1.26 bits per heavy atom. The first-order chi connectivity index (χ1) is 14.8. The molecule has 1 fully saturated rings. The minimum absolute atomic E-state index is 0.109. The number of rotatable bonds is 5. The van der Waals surface area contributed by atoms with Crippen molar-refractivity contribution in [2.75, 3.05) is 19.7 Å². The molecule has 1 saturated heterocycles. The van der Waals surface area contributed by atoms with E-state index in [1.807, 2.05) is 0 Å². The highest BCUT2D eigenvalue weighted by molar-refractivity contribution is 5.78. The van der Waals surface area contributed by atoms with Crippen molar-refractivity contribution in [1.29, 1.82) is 0 Å². The number of tetrazole rings is 1. The summed E-state index contributed by atoms with van der Waals surface area (Å²) in [6.07, 6.45) is -2.62. The van der Waals surface area contributed by atoms with Crippen molar-refractivity contribution < 1.29 is 22.7 Å². The molecule has 1 aliphatic heterocycles. The topological polar surface area (TPSA) is 98.9 Å². The Hall–Kier alpha value is -3.57. The maximum absolute atomic E-state index is 13.0. The van der Waals surface area contributed by atoms with Gasteiger partial charge in [-0.15, -0.1) is 5.10 Å². The third kappa shape index (κ3) is 4.78. The molecule has 1 amide bonds. The molecule has 12 heteroatoms. The van der Waals surface area contributed by atoms with E-state index in [0.29, 0.717) is 24.4 Å². The van der Waals surface area contributed by atoms with Gasteiger partial charge in [0.15, 0.2) is 6.61 Å². The molecule has 9 nitrogen and oxygen atoms in total. The van der Waals surface area contributed by atoms with Gasteiger partial charge in [0.25, 0.3) is 5.91 Å². The molecule has 4 rings (SSSR count). The van der Waals surface area contributed by atoms with E-state index in [4.69, 9.17) is 4.74 Å². The van der Waals surface area contributed by atoms with Crippen LogP contribution in [-0.4, -0.2) is 60.7 Å². The van der Waals surface area contributed by atoms with Gasteiger partial charge in [0.05, 0.1) is 5.69 Å². The van der Waals surface area contributed by atoms with E-state index in [0.717, 1.165) is 6.07 Å². The van der Waals surface area contributed by atoms with E-state index in [2.05, 4.69) is 25.5 Å². The molecule has 2 aromatic heterocycles. The summed E-state index contributed by atoms with van der Waals surface area (Å²) >= 11 is 0. The summed E-state index contributed by atoms with van der Waals surface area (Å²) in [6, 6.07) is 7.84. The summed E-state index contributed by atoms with van der Waals surface area (Å²) in [7, 11) is 0. The molecule has 31 heavy (non-hydrogen) atoms. The third-order valence-corrected chi connectivity index (χ3v) is 4.86. The smallest absolute Gasteiger partial charge is 0.433 e. The molecule has 1 aromatic carbocycles. The van der Waals surface area contributed by atoms with Crippen LogP contribution in [0.15, 0.2) is 36.7 Å². The van der Waals surface area contributed by atoms with Gasteiger partial charge in [0, 0.05) is 30.8 Å². The van der Waals surface area contributed by atoms with E-state index >= 15 is 0 Å². The molecule has 0 aliphatic carbocycles. The first kappa shape index (κ1) is 20.7. The SMILES string of the molecule is Cc1cc(C(F)(F)F)nc([C@H]2CCN(C(=O)COc3cccc(-n4cnnn4)c3)C2)n1. The highest BCUT2D eigenvalue weighted by atomic mass is 19.4. The van der Waals surface area contributed by atoms with Crippen LogP contribution in [0.5, 0.6) is 5.75 Å². The summed E-state index contributed by atoms with van der Waals surface area (Å²) in [5, 5.41) is 10.9. The van der Waals surface area contributed by atoms with Gasteiger partial charge in [-0.3, -0.25) is 4.79 Å². The first-order valence-corrected chi connectivity index (χ1v) is 9.46. The number of aromatic nitrogens is 6. The number of halogens is 3. The number of likely N-dealkylation sites (tertiary alicyclic amines) is 1. The summed E-state index contributed by atoms with van der Waals surface area (Å²) < 4.78 is 46.2. The second kappa shape index (κ2) is 8.28. The average Bonchev–Trinajstić information content (AvgIpc) is 3.43. The number of hydrogen-bond donors (Lipinski definition) is 0. The van der Waals surface area contributed by atoms with Crippen LogP contribution in [0.4, 0.5) is 13.2 Å². The molecule has 0 N–H and O–H groups in total. The summed E-state index contributed by atoms with van der Waals surface area (Å²) in [5.74, 6) is -0.0428. The van der Waals surface area contributed by atoms with Gasteiger partial charge in [-0.2, -0.15) is 13.2 Å². The Balaban J connectivity index is 1.37. The number of hydrogen-bond acceptors (Lipinski definition) is 7. The highest BCUT2D eigenvalue weighted by Crippen LogP contribution is 2.31. The lowest BCUT2D eigenvalue weighted by Crippen LogP contribution is -2.33. The van der Waals surface area contributed by atoms with Crippen LogP contribution in [0.1, 0.15) is 29.6 Å². The number of ether oxygens (including phenoxy) is 1. The third-order valence-electron chi connectivity index (χ3n) is 4.86. The fraction of sp³-hybridized carbons (Fsp3) is 0.368. The number of benzene rings is 1. The van der Waals surface area contributed by atoms with Crippen LogP contribution in [0.3, 0.4) is 0 Å². The van der Waals surface area contributed by atoms with Crippen LogP contribution >= 0.6 is 0 Å². The molecule has 0 unspecified atom stereocenters. The lowest BCUT2D eigenvalue weighted by Gasteiger charge is -2.17. The number of amides is 1. The van der Waals surface area contributed by atoms with Gasteiger partial charge in [0.2, 0.25) is 0 Å². The van der Waals surface area contributed by atoms with Crippen LogP contribution in [0.2, 0.25) is 0 Å². The number of carbonyl (C=O) groups excluding carboxylic acids is 1. The van der Waals surface area contributed by atoms with Gasteiger partial charge in [-0.05, 0) is 42.0 Å². The fourth-order valence-electron chi connectivity index (χ4n) is 3.35. The van der Waals surface area contributed by atoms with Gasteiger partial charge in [0.1, 0.15) is 23.6 Å². The molecule has 0 bridgehead atoms. The zero-order valence-corrected chi connectivity index (χ0v) is 16.5. The number of aryl methyl sites for hydroxylation is 1. The molecule has 1 atom stereocenters. The largest absolute Gasteiger partial charge is 0.484 e. The van der Waals surface area contributed by atoms with E-state index in [-0.39, 0.29) is 36.5 Å². The predicted octanol–water partition coefficient (Wildman–Crippen LogP) is 2.17. The average molecular weight is 433 g/mol. The van der Waals surface area contributed by atoms with Gasteiger partial charge >= 0.3 is 6.18 Å². The molecular weight excluding hydrogens is 415 g/mol. The first-order valence-electron chi connectivity index (χ1n) is 9.46. The highest BCUT2D eigenvalue weighted by Gasteiger charge is 2.35. The second-order valence-corrected chi connectivity index (χ2v) is 7.12. The summed E-state index contributed by atoms with van der Waals surface area (Å²) in [5.41, 5.74) is -0.0493. The maximum atomic E-state index is 13.0. The molecular formula is C19H18F3N7O2. The second-order valence-electron chi connectivity index (χ2n) is 7.12. The normalized spacial score (nSPS) is 16.5. The number of nitrogens with zero attached hydrogens (tertiary/aromatic N) is 7. The van der Waals surface area contributed by atoms with Crippen molar-refractivity contribution in [1.82, 2.24) is 35.1 Å². The van der Waals surface area contributed by atoms with Crippen LogP contribution in [-0.2, 0) is 11.0 Å². The molecule has 0 spiro atoms. The van der Waals surface area contributed by atoms with Crippen molar-refractivity contribution in [3.05, 3.63) is 53.9 Å². The Labute approximate surface area is 174 Å². The monoisotopic (exact) mass is 433 g/mol. The fourth-order valence-corrected chi connectivity index (χ4v) is 3.35. The lowest BCUT2D eigenvalue weighted by atomic mass is 10.1. The number of alkyl halides is 3. The van der Waals surface area contributed by atoms with Crippen LogP contribution in [0, 0.1) is 6.92 Å². The van der Waals surface area contributed by atoms with Crippen LogP contribution in [0.25, 0.3) is 5.69 Å². The van der Waals surface area contributed by atoms with E-state index in [1.54, 1.807) is 29.2 Å². The van der Waals surface area contributed by atoms with Crippen molar-refractivity contribution in [2.24, 2.45) is 0 Å². The van der Waals surface area contributed by atoms with E-state index in [9.17, 15) is 18.0 Å². The minimum atomic E-state index is -4.54. The molecule has 3 heterocycles. The van der Waals surface area contributed by atoms with Crippen molar-refractivity contribution >= 4 is 5.91 Å².